The zero-order chi connectivity index (χ0) is 11.1. The largest absolute Gasteiger partial charge is 0.694 e. The van der Waals surface area contributed by atoms with Crippen molar-refractivity contribution in [1.82, 2.24) is 5.06 Å². The Morgan fingerprint density at radius 1 is 1.40 bits per heavy atom. The molecule has 1 rings (SSSR count). The molecule has 1 aliphatic heterocycles. The molecule has 0 aromatic carbocycles. The summed E-state index contributed by atoms with van der Waals surface area (Å²) in [6.45, 7) is 5.36. The molecule has 1 saturated heterocycles. The average molecular weight is 233 g/mol. The SMILES string of the molecule is C=CCO[Si](O)(OC)ON1CCCCC1. The van der Waals surface area contributed by atoms with Crippen LogP contribution in [-0.2, 0) is 13.4 Å². The Morgan fingerprint density at radius 2 is 2.07 bits per heavy atom. The normalized spacial score (nSPS) is 22.3. The van der Waals surface area contributed by atoms with E-state index in [-0.39, 0.29) is 6.61 Å². The van der Waals surface area contributed by atoms with Crippen molar-refractivity contribution in [3.63, 3.8) is 0 Å². The maximum atomic E-state index is 9.89. The summed E-state index contributed by atoms with van der Waals surface area (Å²) in [6.07, 6.45) is 4.92. The molecule has 1 fully saturated rings. The van der Waals surface area contributed by atoms with Gasteiger partial charge in [0.05, 0.1) is 6.61 Å². The first-order chi connectivity index (χ1) is 7.20. The first kappa shape index (κ1) is 12.8. The summed E-state index contributed by atoms with van der Waals surface area (Å²) in [6, 6.07) is 0. The molecule has 0 radical (unpaired) electrons. The van der Waals surface area contributed by atoms with E-state index in [4.69, 9.17) is 13.4 Å². The maximum absolute atomic E-state index is 9.89. The van der Waals surface area contributed by atoms with Gasteiger partial charge in [0.2, 0.25) is 0 Å². The summed E-state index contributed by atoms with van der Waals surface area (Å²) in [5.41, 5.74) is 0. The number of hydroxylamine groups is 2. The van der Waals surface area contributed by atoms with Crippen LogP contribution in [0.2, 0.25) is 0 Å². The fourth-order valence-corrected chi connectivity index (χ4v) is 2.49. The van der Waals surface area contributed by atoms with Crippen LogP contribution in [0, 0.1) is 0 Å². The van der Waals surface area contributed by atoms with Gasteiger partial charge in [-0.25, -0.2) is 0 Å². The van der Waals surface area contributed by atoms with Crippen LogP contribution < -0.4 is 0 Å². The molecule has 0 aromatic heterocycles. The molecule has 1 atom stereocenters. The van der Waals surface area contributed by atoms with Gasteiger partial charge in [0.15, 0.2) is 0 Å². The highest BCUT2D eigenvalue weighted by molar-refractivity contribution is 6.51. The van der Waals surface area contributed by atoms with E-state index in [1.54, 1.807) is 11.1 Å². The molecule has 1 unspecified atom stereocenters. The Kier molecular flexibility index (Phi) is 5.44. The predicted molar refractivity (Wildman–Crippen MR) is 57.6 cm³/mol. The second kappa shape index (κ2) is 6.36. The van der Waals surface area contributed by atoms with Crippen LogP contribution in [0.3, 0.4) is 0 Å². The van der Waals surface area contributed by atoms with E-state index in [0.717, 1.165) is 25.9 Å². The van der Waals surface area contributed by atoms with Crippen molar-refractivity contribution in [2.24, 2.45) is 0 Å². The molecule has 1 N–H and O–H groups in total. The lowest BCUT2D eigenvalue weighted by Crippen LogP contribution is -2.51. The quantitative estimate of drug-likeness (QED) is 0.540. The van der Waals surface area contributed by atoms with E-state index in [2.05, 4.69) is 6.58 Å². The average Bonchev–Trinajstić information content (AvgIpc) is 2.28. The van der Waals surface area contributed by atoms with E-state index in [1.165, 1.54) is 13.5 Å². The summed E-state index contributed by atoms with van der Waals surface area (Å²) in [4.78, 5) is 9.89. The predicted octanol–water partition coefficient (Wildman–Crippen LogP) is 0.681. The van der Waals surface area contributed by atoms with Crippen molar-refractivity contribution in [2.75, 3.05) is 26.8 Å². The van der Waals surface area contributed by atoms with Gasteiger partial charge in [-0.1, -0.05) is 12.5 Å². The molecular weight excluding hydrogens is 214 g/mol. The van der Waals surface area contributed by atoms with Crippen LogP contribution in [0.25, 0.3) is 0 Å². The number of hydrogen-bond donors (Lipinski definition) is 1. The monoisotopic (exact) mass is 233 g/mol. The third-order valence-corrected chi connectivity index (χ3v) is 3.74. The topological polar surface area (TPSA) is 51.2 Å². The fourth-order valence-electron chi connectivity index (χ4n) is 1.41. The number of rotatable bonds is 6. The lowest BCUT2D eigenvalue weighted by atomic mass is 10.2. The fraction of sp³-hybridized carbons (Fsp3) is 0.778. The third-order valence-electron chi connectivity index (χ3n) is 2.20. The van der Waals surface area contributed by atoms with Crippen LogP contribution in [-0.4, -0.2) is 45.7 Å². The molecule has 0 aliphatic carbocycles. The van der Waals surface area contributed by atoms with Gasteiger partial charge in [-0.05, 0) is 12.8 Å². The zero-order valence-electron chi connectivity index (χ0n) is 9.15. The standard InChI is InChI=1S/C9H19NO4Si/c1-3-9-13-15(11,12-2)14-10-7-5-4-6-8-10/h3,11H,1,4-9H2,2H3. The van der Waals surface area contributed by atoms with Crippen molar-refractivity contribution in [3.8, 4) is 0 Å². The Bertz CT molecular complexity index is 199. The first-order valence-electron chi connectivity index (χ1n) is 5.16. The Morgan fingerprint density at radius 3 is 2.60 bits per heavy atom. The highest BCUT2D eigenvalue weighted by Gasteiger charge is 2.43. The summed E-state index contributed by atoms with van der Waals surface area (Å²) in [5, 5.41) is 1.72. The molecule has 15 heavy (non-hydrogen) atoms. The Labute approximate surface area is 91.7 Å². The molecule has 0 spiro atoms. The van der Waals surface area contributed by atoms with Gasteiger partial charge in [-0.15, -0.1) is 6.58 Å². The molecule has 6 heteroatoms. The summed E-state index contributed by atoms with van der Waals surface area (Å²) in [7, 11) is -2.09. The lowest BCUT2D eigenvalue weighted by molar-refractivity contribution is -0.157. The van der Waals surface area contributed by atoms with E-state index < -0.39 is 9.05 Å². The second-order valence-electron chi connectivity index (χ2n) is 3.41. The van der Waals surface area contributed by atoms with Gasteiger partial charge in [0.1, 0.15) is 0 Å². The molecule has 88 valence electrons. The lowest BCUT2D eigenvalue weighted by Gasteiger charge is -2.30. The number of piperidine rings is 1. The number of hydrogen-bond acceptors (Lipinski definition) is 5. The minimum absolute atomic E-state index is 0.227. The number of nitrogens with zero attached hydrogens (tertiary/aromatic N) is 1. The van der Waals surface area contributed by atoms with Crippen molar-refractivity contribution < 1.29 is 18.2 Å². The molecule has 1 heterocycles. The van der Waals surface area contributed by atoms with Gasteiger partial charge < -0.3 is 13.6 Å². The molecule has 0 bridgehead atoms. The molecule has 1 aliphatic rings. The summed E-state index contributed by atoms with van der Waals surface area (Å²) in [5.74, 6) is 0. The summed E-state index contributed by atoms with van der Waals surface area (Å²) >= 11 is 0. The second-order valence-corrected chi connectivity index (χ2v) is 5.34. The Balaban J connectivity index is 2.38. The van der Waals surface area contributed by atoms with Gasteiger partial charge in [-0.2, -0.15) is 5.06 Å². The van der Waals surface area contributed by atoms with E-state index in [0.29, 0.717) is 0 Å². The Hall–Kier alpha value is -0.243. The molecule has 0 amide bonds. The van der Waals surface area contributed by atoms with Crippen molar-refractivity contribution >= 4 is 9.05 Å². The van der Waals surface area contributed by atoms with Crippen LogP contribution in [0.15, 0.2) is 12.7 Å². The minimum atomic E-state index is -3.48. The highest BCUT2D eigenvalue weighted by atomic mass is 28.4. The van der Waals surface area contributed by atoms with Gasteiger partial charge in [0.25, 0.3) is 0 Å². The van der Waals surface area contributed by atoms with Crippen LogP contribution >= 0.6 is 0 Å². The van der Waals surface area contributed by atoms with E-state index >= 15 is 0 Å². The molecular formula is C9H19NO4Si. The molecule has 0 aromatic rings. The van der Waals surface area contributed by atoms with Gasteiger partial charge >= 0.3 is 9.05 Å². The zero-order valence-corrected chi connectivity index (χ0v) is 10.1. The minimum Gasteiger partial charge on any atom is -0.367 e. The highest BCUT2D eigenvalue weighted by Crippen LogP contribution is 2.14. The van der Waals surface area contributed by atoms with Crippen LogP contribution in [0.1, 0.15) is 19.3 Å². The maximum Gasteiger partial charge on any atom is 0.694 e. The molecule has 5 nitrogen and oxygen atoms in total. The third kappa shape index (κ3) is 4.41. The van der Waals surface area contributed by atoms with Crippen LogP contribution in [0.5, 0.6) is 0 Å². The van der Waals surface area contributed by atoms with Crippen molar-refractivity contribution in [2.45, 2.75) is 19.3 Å². The van der Waals surface area contributed by atoms with Gasteiger partial charge in [0, 0.05) is 20.2 Å². The van der Waals surface area contributed by atoms with E-state index in [1.807, 2.05) is 0 Å². The smallest absolute Gasteiger partial charge is 0.367 e. The van der Waals surface area contributed by atoms with Gasteiger partial charge in [-0.3, -0.25) is 4.53 Å². The van der Waals surface area contributed by atoms with Crippen molar-refractivity contribution in [3.05, 3.63) is 12.7 Å². The first-order valence-corrected chi connectivity index (χ1v) is 6.84. The summed E-state index contributed by atoms with van der Waals surface area (Å²) < 4.78 is 15.4. The molecule has 0 saturated carbocycles. The van der Waals surface area contributed by atoms with E-state index in [9.17, 15) is 4.80 Å². The van der Waals surface area contributed by atoms with Crippen LogP contribution in [0.4, 0.5) is 0 Å². The van der Waals surface area contributed by atoms with Crippen molar-refractivity contribution in [1.29, 1.82) is 0 Å².